The largest absolute Gasteiger partial charge is 0.462 e. The molecule has 0 aliphatic rings. The highest BCUT2D eigenvalue weighted by Gasteiger charge is 2.19. The van der Waals surface area contributed by atoms with Crippen LogP contribution in [0.4, 0.5) is 0 Å². The molecule has 0 heterocycles. The molecule has 0 rings (SSSR count). The van der Waals surface area contributed by atoms with Gasteiger partial charge in [0.25, 0.3) is 0 Å². The van der Waals surface area contributed by atoms with E-state index in [1.54, 1.807) is 0 Å². The Balaban J connectivity index is 4.24. The van der Waals surface area contributed by atoms with Crippen molar-refractivity contribution in [1.82, 2.24) is 0 Å². The van der Waals surface area contributed by atoms with E-state index < -0.39 is 6.10 Å². The van der Waals surface area contributed by atoms with Gasteiger partial charge in [0.1, 0.15) is 13.2 Å². The van der Waals surface area contributed by atoms with Crippen LogP contribution in [0.2, 0.25) is 0 Å². The molecular weight excluding hydrogens is 997 g/mol. The summed E-state index contributed by atoms with van der Waals surface area (Å²) >= 11 is 0. The molecule has 6 nitrogen and oxygen atoms in total. The van der Waals surface area contributed by atoms with Crippen LogP contribution in [0.3, 0.4) is 0 Å². The first-order valence-electron chi connectivity index (χ1n) is 36.1. The van der Waals surface area contributed by atoms with Crippen molar-refractivity contribution in [2.75, 3.05) is 13.2 Å². The van der Waals surface area contributed by atoms with Crippen molar-refractivity contribution in [2.45, 2.75) is 399 Å². The van der Waals surface area contributed by atoms with Gasteiger partial charge in [-0.25, -0.2) is 0 Å². The van der Waals surface area contributed by atoms with E-state index in [-0.39, 0.29) is 31.1 Å². The summed E-state index contributed by atoms with van der Waals surface area (Å²) in [6.07, 6.45) is 88.5. The SMILES string of the molecule is CCCCCCC/C=C\C/C=C\C/C=C\CCCCCCCCCCCCCCCCC(=O)OCC(COC(=O)CCCCCCCCCCCCCCCCCCC)OC(=O)CCCCCCCCC/C=C\CCCCCCCC. The lowest BCUT2D eigenvalue weighted by atomic mass is 10.0. The van der Waals surface area contributed by atoms with E-state index in [2.05, 4.69) is 69.4 Å². The molecule has 474 valence electrons. The third kappa shape index (κ3) is 68.0. The topological polar surface area (TPSA) is 78.9 Å². The highest BCUT2D eigenvalue weighted by molar-refractivity contribution is 5.71. The lowest BCUT2D eigenvalue weighted by Crippen LogP contribution is -2.30. The van der Waals surface area contributed by atoms with Crippen LogP contribution in [0.1, 0.15) is 393 Å². The summed E-state index contributed by atoms with van der Waals surface area (Å²) in [5, 5.41) is 0. The van der Waals surface area contributed by atoms with Crippen LogP contribution < -0.4 is 0 Å². The molecule has 1 atom stereocenters. The number of rotatable bonds is 67. The van der Waals surface area contributed by atoms with E-state index in [1.807, 2.05) is 0 Å². The monoisotopic (exact) mass is 1140 g/mol. The molecule has 0 aliphatic carbocycles. The van der Waals surface area contributed by atoms with Gasteiger partial charge in [0.2, 0.25) is 0 Å². The number of allylic oxidation sites excluding steroid dienone is 8. The second-order valence-corrected chi connectivity index (χ2v) is 24.5. The first-order valence-corrected chi connectivity index (χ1v) is 36.1. The van der Waals surface area contributed by atoms with Crippen molar-refractivity contribution in [1.29, 1.82) is 0 Å². The second-order valence-electron chi connectivity index (χ2n) is 24.5. The molecule has 0 aromatic heterocycles. The molecule has 0 amide bonds. The molecule has 0 aromatic rings. The molecule has 0 saturated heterocycles. The second kappa shape index (κ2) is 69.9. The highest BCUT2D eigenvalue weighted by atomic mass is 16.6. The van der Waals surface area contributed by atoms with Crippen molar-refractivity contribution in [3.05, 3.63) is 48.6 Å². The molecular formula is C75H138O6. The van der Waals surface area contributed by atoms with E-state index in [0.29, 0.717) is 19.3 Å². The zero-order chi connectivity index (χ0) is 58.5. The quantitative estimate of drug-likeness (QED) is 0.0261. The Kier molecular flexibility index (Phi) is 67.6. The molecule has 0 radical (unpaired) electrons. The molecule has 6 heteroatoms. The molecule has 0 N–H and O–H groups in total. The number of unbranched alkanes of at least 4 members (excludes halogenated alkanes) is 48. The fourth-order valence-electron chi connectivity index (χ4n) is 10.9. The molecule has 0 aliphatic heterocycles. The Hall–Kier alpha value is -2.63. The van der Waals surface area contributed by atoms with Crippen molar-refractivity contribution < 1.29 is 28.6 Å². The van der Waals surface area contributed by atoms with Crippen molar-refractivity contribution in [2.24, 2.45) is 0 Å². The number of hydrogen-bond donors (Lipinski definition) is 0. The predicted molar refractivity (Wildman–Crippen MR) is 353 cm³/mol. The summed E-state index contributed by atoms with van der Waals surface area (Å²) in [5.41, 5.74) is 0. The Morgan fingerprint density at radius 2 is 0.444 bits per heavy atom. The van der Waals surface area contributed by atoms with Crippen LogP contribution in [0.5, 0.6) is 0 Å². The average molecular weight is 1140 g/mol. The Morgan fingerprint density at radius 1 is 0.247 bits per heavy atom. The highest BCUT2D eigenvalue weighted by Crippen LogP contribution is 2.18. The summed E-state index contributed by atoms with van der Waals surface area (Å²) in [6, 6.07) is 0. The van der Waals surface area contributed by atoms with Gasteiger partial charge in [-0.2, -0.15) is 0 Å². The third-order valence-corrected chi connectivity index (χ3v) is 16.3. The summed E-state index contributed by atoms with van der Waals surface area (Å²) in [5.74, 6) is -0.846. The minimum absolute atomic E-state index is 0.0696. The predicted octanol–water partition coefficient (Wildman–Crippen LogP) is 24.9. The summed E-state index contributed by atoms with van der Waals surface area (Å²) < 4.78 is 17.0. The molecule has 0 bridgehead atoms. The van der Waals surface area contributed by atoms with E-state index in [0.717, 1.165) is 70.6 Å². The number of esters is 3. The standard InChI is InChI=1S/C75H138O6/c1-4-7-10-13-16-19-22-25-28-31-32-33-34-35-36-37-38-39-40-41-42-45-47-50-53-56-59-62-65-68-74(77)80-71-72(81-75(78)69-66-63-60-57-54-51-48-44-30-27-24-21-18-15-12-9-6-3)70-79-73(76)67-64-61-58-55-52-49-46-43-29-26-23-20-17-14-11-8-5-2/h22,25,27,30-32,34-35,72H,4-21,23-24,26,28-29,33,36-71H2,1-3H3/b25-22-,30-27-,32-31-,35-34-. The van der Waals surface area contributed by atoms with E-state index in [4.69, 9.17) is 14.2 Å². The average Bonchev–Trinajstić information content (AvgIpc) is 3.47. The van der Waals surface area contributed by atoms with Gasteiger partial charge in [0.15, 0.2) is 6.10 Å². The van der Waals surface area contributed by atoms with Crippen LogP contribution in [-0.2, 0) is 28.6 Å². The van der Waals surface area contributed by atoms with Crippen LogP contribution in [0.25, 0.3) is 0 Å². The zero-order valence-corrected chi connectivity index (χ0v) is 54.6. The number of ether oxygens (including phenoxy) is 3. The van der Waals surface area contributed by atoms with Gasteiger partial charge in [-0.1, -0.05) is 339 Å². The molecule has 81 heavy (non-hydrogen) atoms. The van der Waals surface area contributed by atoms with Crippen LogP contribution in [-0.4, -0.2) is 37.2 Å². The molecule has 1 unspecified atom stereocenters. The maximum atomic E-state index is 12.9. The fraction of sp³-hybridized carbons (Fsp3) is 0.853. The number of hydrogen-bond acceptors (Lipinski definition) is 6. The van der Waals surface area contributed by atoms with Crippen LogP contribution in [0.15, 0.2) is 48.6 Å². The summed E-state index contributed by atoms with van der Waals surface area (Å²) in [4.78, 5) is 38.5. The van der Waals surface area contributed by atoms with Crippen molar-refractivity contribution >= 4 is 17.9 Å². The van der Waals surface area contributed by atoms with Gasteiger partial charge in [-0.15, -0.1) is 0 Å². The molecule has 0 spiro atoms. The smallest absolute Gasteiger partial charge is 0.306 e. The molecule has 0 saturated carbocycles. The normalized spacial score (nSPS) is 12.3. The lowest BCUT2D eigenvalue weighted by molar-refractivity contribution is -0.167. The summed E-state index contributed by atoms with van der Waals surface area (Å²) in [7, 11) is 0. The van der Waals surface area contributed by atoms with E-state index in [9.17, 15) is 14.4 Å². The van der Waals surface area contributed by atoms with Gasteiger partial charge in [-0.3, -0.25) is 14.4 Å². The van der Waals surface area contributed by atoms with Gasteiger partial charge >= 0.3 is 17.9 Å². The number of carbonyl (C=O) groups is 3. The van der Waals surface area contributed by atoms with Gasteiger partial charge in [0.05, 0.1) is 0 Å². The number of carbonyl (C=O) groups excluding carboxylic acids is 3. The van der Waals surface area contributed by atoms with Crippen LogP contribution in [0, 0.1) is 0 Å². The van der Waals surface area contributed by atoms with Gasteiger partial charge < -0.3 is 14.2 Å². The molecule has 0 aromatic carbocycles. The zero-order valence-electron chi connectivity index (χ0n) is 54.6. The summed E-state index contributed by atoms with van der Waals surface area (Å²) in [6.45, 7) is 6.69. The maximum Gasteiger partial charge on any atom is 0.306 e. The fourth-order valence-corrected chi connectivity index (χ4v) is 10.9. The Bertz CT molecular complexity index is 1400. The lowest BCUT2D eigenvalue weighted by Gasteiger charge is -2.18. The first-order chi connectivity index (χ1) is 40.0. The minimum atomic E-state index is -0.774. The Morgan fingerprint density at radius 3 is 0.704 bits per heavy atom. The van der Waals surface area contributed by atoms with Crippen molar-refractivity contribution in [3.8, 4) is 0 Å². The van der Waals surface area contributed by atoms with Gasteiger partial charge in [-0.05, 0) is 83.5 Å². The third-order valence-electron chi connectivity index (χ3n) is 16.3. The maximum absolute atomic E-state index is 12.9. The molecule has 0 fully saturated rings. The van der Waals surface area contributed by atoms with Gasteiger partial charge in [0, 0.05) is 19.3 Å². The first kappa shape index (κ1) is 78.4. The van der Waals surface area contributed by atoms with E-state index in [1.165, 1.54) is 283 Å². The van der Waals surface area contributed by atoms with Crippen LogP contribution >= 0.6 is 0 Å². The van der Waals surface area contributed by atoms with E-state index >= 15 is 0 Å². The van der Waals surface area contributed by atoms with Crippen molar-refractivity contribution in [3.63, 3.8) is 0 Å². The minimum Gasteiger partial charge on any atom is -0.462 e. The Labute approximate surface area is 505 Å².